The van der Waals surface area contributed by atoms with Gasteiger partial charge in [0.1, 0.15) is 6.26 Å². The molecule has 0 aliphatic carbocycles. The number of hydrogen-bond donors (Lipinski definition) is 2. The number of halogens is 1. The number of carbonyl (C=O) groups is 1. The van der Waals surface area contributed by atoms with Crippen molar-refractivity contribution in [1.29, 1.82) is 0 Å². The zero-order valence-electron chi connectivity index (χ0n) is 17.1. The maximum absolute atomic E-state index is 12.3. The van der Waals surface area contributed by atoms with E-state index in [9.17, 15) is 4.79 Å². The normalized spacial score (nSPS) is 16.8. The lowest BCUT2D eigenvalue weighted by Crippen LogP contribution is -2.42. The van der Waals surface area contributed by atoms with Crippen molar-refractivity contribution in [2.45, 2.75) is 32.7 Å². The van der Waals surface area contributed by atoms with Gasteiger partial charge in [0.25, 0.3) is 0 Å². The molecule has 1 aliphatic heterocycles. The Kier molecular flexibility index (Phi) is 9.43. The molecule has 1 amide bonds. The number of rotatable bonds is 6. The van der Waals surface area contributed by atoms with Gasteiger partial charge >= 0.3 is 0 Å². The fourth-order valence-electron chi connectivity index (χ4n) is 3.36. The molecule has 3 rings (SSSR count). The van der Waals surface area contributed by atoms with E-state index in [1.807, 2.05) is 35.2 Å². The summed E-state index contributed by atoms with van der Waals surface area (Å²) in [7, 11) is 1.71. The van der Waals surface area contributed by atoms with Gasteiger partial charge in [-0.05, 0) is 30.9 Å². The van der Waals surface area contributed by atoms with E-state index < -0.39 is 0 Å². The summed E-state index contributed by atoms with van der Waals surface area (Å²) >= 11 is 0. The molecule has 0 radical (unpaired) electrons. The minimum Gasteiger partial charge on any atom is -0.444 e. The quantitative estimate of drug-likeness (QED) is 0.354. The Balaban J connectivity index is 0.00000300. The van der Waals surface area contributed by atoms with Crippen LogP contribution in [0, 0.1) is 5.92 Å². The van der Waals surface area contributed by atoms with Crippen molar-refractivity contribution in [3.8, 4) is 11.5 Å². The smallest absolute Gasteiger partial charge is 0.226 e. The van der Waals surface area contributed by atoms with Crippen LogP contribution in [0.15, 0.2) is 46.0 Å². The summed E-state index contributed by atoms with van der Waals surface area (Å²) in [6.45, 7) is 5.01. The zero-order chi connectivity index (χ0) is 19.8. The Morgan fingerprint density at radius 3 is 2.83 bits per heavy atom. The molecule has 7 nitrogen and oxygen atoms in total. The molecule has 1 unspecified atom stereocenters. The van der Waals surface area contributed by atoms with E-state index >= 15 is 0 Å². The predicted molar refractivity (Wildman–Crippen MR) is 125 cm³/mol. The first kappa shape index (κ1) is 23.2. The van der Waals surface area contributed by atoms with Gasteiger partial charge in [0.2, 0.25) is 11.8 Å². The lowest BCUT2D eigenvalue weighted by molar-refractivity contribution is -0.132. The van der Waals surface area contributed by atoms with Crippen LogP contribution in [-0.2, 0) is 11.3 Å². The molecular formula is C21H30IN5O2. The van der Waals surface area contributed by atoms with Crippen LogP contribution in [0.25, 0.3) is 11.5 Å². The standard InChI is InChI=1S/C21H29N5O2.HI/c1-16-7-6-12-26(14-16)19(27)10-11-23-21(22-2)24-13-18-15-28-20(25-18)17-8-4-3-5-9-17;/h3-5,8-9,15-16H,6-7,10-14H2,1-2H3,(H2,22,23,24);1H. The number of amides is 1. The van der Waals surface area contributed by atoms with Gasteiger partial charge in [-0.3, -0.25) is 9.79 Å². The fraction of sp³-hybridized carbons (Fsp3) is 0.476. The summed E-state index contributed by atoms with van der Waals surface area (Å²) in [5.41, 5.74) is 1.74. The van der Waals surface area contributed by atoms with Crippen LogP contribution in [0.3, 0.4) is 0 Å². The molecule has 1 aromatic carbocycles. The molecule has 1 atom stereocenters. The van der Waals surface area contributed by atoms with Gasteiger partial charge in [-0.1, -0.05) is 25.1 Å². The lowest BCUT2D eigenvalue weighted by atomic mass is 10.00. The van der Waals surface area contributed by atoms with Crippen molar-refractivity contribution in [3.63, 3.8) is 0 Å². The highest BCUT2D eigenvalue weighted by Crippen LogP contribution is 2.18. The minimum absolute atomic E-state index is 0. The van der Waals surface area contributed by atoms with E-state index in [4.69, 9.17) is 4.42 Å². The number of nitrogens with zero attached hydrogens (tertiary/aromatic N) is 3. The van der Waals surface area contributed by atoms with E-state index in [2.05, 4.69) is 27.5 Å². The highest BCUT2D eigenvalue weighted by atomic mass is 127. The van der Waals surface area contributed by atoms with Gasteiger partial charge in [-0.15, -0.1) is 24.0 Å². The summed E-state index contributed by atoms with van der Waals surface area (Å²) in [4.78, 5) is 23.0. The average Bonchev–Trinajstić information content (AvgIpc) is 3.20. The van der Waals surface area contributed by atoms with Crippen LogP contribution < -0.4 is 10.6 Å². The van der Waals surface area contributed by atoms with Crippen molar-refractivity contribution in [1.82, 2.24) is 20.5 Å². The molecule has 2 aromatic rings. The minimum atomic E-state index is 0. The Bertz CT molecular complexity index is 793. The maximum Gasteiger partial charge on any atom is 0.226 e. The maximum atomic E-state index is 12.3. The molecule has 0 saturated carbocycles. The second kappa shape index (κ2) is 11.8. The SMILES string of the molecule is CN=C(NCCC(=O)N1CCCC(C)C1)NCc1coc(-c2ccccc2)n1.I. The number of hydrogen-bond acceptors (Lipinski definition) is 4. The van der Waals surface area contributed by atoms with Crippen LogP contribution in [0.1, 0.15) is 31.9 Å². The molecule has 2 N–H and O–H groups in total. The van der Waals surface area contributed by atoms with Gasteiger partial charge in [-0.2, -0.15) is 0 Å². The van der Waals surface area contributed by atoms with Crippen molar-refractivity contribution in [2.75, 3.05) is 26.7 Å². The second-order valence-corrected chi connectivity index (χ2v) is 7.20. The van der Waals surface area contributed by atoms with Gasteiger partial charge in [0.15, 0.2) is 5.96 Å². The van der Waals surface area contributed by atoms with Crippen molar-refractivity contribution < 1.29 is 9.21 Å². The number of guanidine groups is 1. The van der Waals surface area contributed by atoms with Crippen molar-refractivity contribution in [2.24, 2.45) is 10.9 Å². The highest BCUT2D eigenvalue weighted by Gasteiger charge is 2.20. The molecule has 1 fully saturated rings. The van der Waals surface area contributed by atoms with E-state index in [0.29, 0.717) is 37.3 Å². The lowest BCUT2D eigenvalue weighted by Gasteiger charge is -2.31. The fourth-order valence-corrected chi connectivity index (χ4v) is 3.36. The van der Waals surface area contributed by atoms with E-state index in [0.717, 1.165) is 30.8 Å². The Hall–Kier alpha value is -2.10. The van der Waals surface area contributed by atoms with Gasteiger partial charge in [0.05, 0.1) is 12.2 Å². The Morgan fingerprint density at radius 1 is 1.31 bits per heavy atom. The number of likely N-dealkylation sites (tertiary alicyclic amines) is 1. The first-order valence-electron chi connectivity index (χ1n) is 9.88. The molecule has 2 heterocycles. The number of aliphatic imine (C=N–C) groups is 1. The largest absolute Gasteiger partial charge is 0.444 e. The summed E-state index contributed by atoms with van der Waals surface area (Å²) in [5, 5.41) is 6.39. The Labute approximate surface area is 189 Å². The second-order valence-electron chi connectivity index (χ2n) is 7.20. The Morgan fingerprint density at radius 2 is 2.10 bits per heavy atom. The molecule has 1 saturated heterocycles. The average molecular weight is 511 g/mol. The van der Waals surface area contributed by atoms with E-state index in [1.54, 1.807) is 13.3 Å². The third-order valence-electron chi connectivity index (χ3n) is 4.87. The summed E-state index contributed by atoms with van der Waals surface area (Å²) < 4.78 is 5.54. The molecule has 29 heavy (non-hydrogen) atoms. The first-order chi connectivity index (χ1) is 13.7. The van der Waals surface area contributed by atoms with Crippen LogP contribution >= 0.6 is 24.0 Å². The zero-order valence-corrected chi connectivity index (χ0v) is 19.4. The van der Waals surface area contributed by atoms with Crippen molar-refractivity contribution in [3.05, 3.63) is 42.3 Å². The van der Waals surface area contributed by atoms with Crippen LogP contribution in [0.4, 0.5) is 0 Å². The highest BCUT2D eigenvalue weighted by molar-refractivity contribution is 14.0. The number of nitrogens with one attached hydrogen (secondary N) is 2. The number of aromatic nitrogens is 1. The molecule has 0 spiro atoms. The number of piperidine rings is 1. The summed E-state index contributed by atoms with van der Waals surface area (Å²) in [5.74, 6) is 2.05. The number of benzene rings is 1. The van der Waals surface area contributed by atoms with Gasteiger partial charge in [0, 0.05) is 38.7 Å². The summed E-state index contributed by atoms with van der Waals surface area (Å²) in [6.07, 6.45) is 4.43. The monoisotopic (exact) mass is 511 g/mol. The first-order valence-corrected chi connectivity index (χ1v) is 9.88. The van der Waals surface area contributed by atoms with Crippen molar-refractivity contribution >= 4 is 35.8 Å². The summed E-state index contributed by atoms with van der Waals surface area (Å²) in [6, 6.07) is 9.79. The molecule has 8 heteroatoms. The van der Waals surface area contributed by atoms with Gasteiger partial charge < -0.3 is 20.0 Å². The van der Waals surface area contributed by atoms with Crippen LogP contribution in [0.2, 0.25) is 0 Å². The third-order valence-corrected chi connectivity index (χ3v) is 4.87. The van der Waals surface area contributed by atoms with Crippen LogP contribution in [0.5, 0.6) is 0 Å². The van der Waals surface area contributed by atoms with Gasteiger partial charge in [-0.25, -0.2) is 4.98 Å². The molecule has 0 bridgehead atoms. The number of carbonyl (C=O) groups excluding carboxylic acids is 1. The molecule has 1 aliphatic rings. The third kappa shape index (κ3) is 7.02. The molecule has 158 valence electrons. The van der Waals surface area contributed by atoms with E-state index in [-0.39, 0.29) is 29.9 Å². The van der Waals surface area contributed by atoms with Crippen LogP contribution in [-0.4, -0.2) is 48.4 Å². The molecule has 1 aromatic heterocycles. The molecular weight excluding hydrogens is 481 g/mol. The van der Waals surface area contributed by atoms with E-state index in [1.165, 1.54) is 6.42 Å². The number of oxazole rings is 1. The topological polar surface area (TPSA) is 82.8 Å². The predicted octanol–water partition coefficient (Wildman–Crippen LogP) is 3.27.